The number of rotatable bonds is 3. The zero-order chi connectivity index (χ0) is 12.5. The quantitative estimate of drug-likeness (QED) is 0.359. The highest BCUT2D eigenvalue weighted by molar-refractivity contribution is 6.68. The van der Waals surface area contributed by atoms with Crippen molar-refractivity contribution in [1.29, 1.82) is 0 Å². The molecule has 86 valence electrons. The van der Waals surface area contributed by atoms with Crippen LogP contribution in [0, 0.1) is 16.1 Å². The number of nitro groups is 1. The van der Waals surface area contributed by atoms with E-state index in [0.717, 1.165) is 0 Å². The van der Waals surface area contributed by atoms with Gasteiger partial charge in [0.05, 0.1) is 5.56 Å². The number of halogens is 4. The Hall–Kier alpha value is -1.70. The van der Waals surface area contributed by atoms with Crippen molar-refractivity contribution in [2.24, 2.45) is 0 Å². The molecule has 16 heavy (non-hydrogen) atoms. The highest BCUT2D eigenvalue weighted by Gasteiger charge is 2.29. The van der Waals surface area contributed by atoms with Crippen LogP contribution in [0.1, 0.15) is 22.3 Å². The third kappa shape index (κ3) is 2.27. The Balaban J connectivity index is 3.52. The highest BCUT2D eigenvalue weighted by atomic mass is 35.5. The first-order valence-corrected chi connectivity index (χ1v) is 4.05. The Morgan fingerprint density at radius 2 is 2.12 bits per heavy atom. The maximum atomic E-state index is 13.0. The maximum Gasteiger partial charge on any atom is 0.367 e. The SMILES string of the molecule is O=C(Cl)c1cc([N+](=O)[O-])nc(F)c1C(F)F. The van der Waals surface area contributed by atoms with Gasteiger partial charge in [-0.25, -0.2) is 8.78 Å². The van der Waals surface area contributed by atoms with E-state index < -0.39 is 39.5 Å². The van der Waals surface area contributed by atoms with Gasteiger partial charge in [0.15, 0.2) is 0 Å². The average Bonchev–Trinajstić information content (AvgIpc) is 2.15. The van der Waals surface area contributed by atoms with Gasteiger partial charge >= 0.3 is 11.8 Å². The van der Waals surface area contributed by atoms with E-state index in [1.807, 2.05) is 0 Å². The number of aromatic nitrogens is 1. The number of alkyl halides is 2. The molecule has 0 unspecified atom stereocenters. The first kappa shape index (κ1) is 12.4. The highest BCUT2D eigenvalue weighted by Crippen LogP contribution is 2.28. The summed E-state index contributed by atoms with van der Waals surface area (Å²) in [4.78, 5) is 22.5. The maximum absolute atomic E-state index is 13.0. The molecule has 0 fully saturated rings. The minimum Gasteiger partial charge on any atom is -0.358 e. The number of carbonyl (C=O) groups is 1. The molecule has 0 bridgehead atoms. The lowest BCUT2D eigenvalue weighted by atomic mass is 10.1. The summed E-state index contributed by atoms with van der Waals surface area (Å²) in [7, 11) is 0. The standard InChI is InChI=1S/C7H2ClF3N2O3/c8-5(14)2-1-3(13(15)16)12-7(11)4(2)6(9)10/h1,6H. The fourth-order valence-corrected chi connectivity index (χ4v) is 1.13. The third-order valence-electron chi connectivity index (χ3n) is 1.62. The molecule has 0 aliphatic rings. The van der Waals surface area contributed by atoms with Crippen molar-refractivity contribution < 1.29 is 22.9 Å². The van der Waals surface area contributed by atoms with Crippen molar-refractivity contribution in [3.05, 3.63) is 33.3 Å². The molecule has 0 saturated carbocycles. The molecule has 1 rings (SSSR count). The van der Waals surface area contributed by atoms with Crippen LogP contribution in [0.2, 0.25) is 0 Å². The molecular formula is C7H2ClF3N2O3. The van der Waals surface area contributed by atoms with Crippen molar-refractivity contribution in [2.75, 3.05) is 0 Å². The van der Waals surface area contributed by atoms with Crippen LogP contribution in [0.3, 0.4) is 0 Å². The Bertz CT molecular complexity index is 466. The molecule has 0 amide bonds. The Morgan fingerprint density at radius 3 is 2.50 bits per heavy atom. The zero-order valence-corrected chi connectivity index (χ0v) is 8.04. The van der Waals surface area contributed by atoms with Crippen LogP contribution < -0.4 is 0 Å². The van der Waals surface area contributed by atoms with Crippen molar-refractivity contribution in [3.8, 4) is 0 Å². The number of carbonyl (C=O) groups excluding carboxylic acids is 1. The van der Waals surface area contributed by atoms with Crippen LogP contribution >= 0.6 is 11.6 Å². The second-order valence-electron chi connectivity index (χ2n) is 2.56. The smallest absolute Gasteiger partial charge is 0.358 e. The Labute approximate surface area is 91.0 Å². The van der Waals surface area contributed by atoms with E-state index >= 15 is 0 Å². The topological polar surface area (TPSA) is 73.1 Å². The van der Waals surface area contributed by atoms with Gasteiger partial charge in [-0.05, 0) is 21.5 Å². The fraction of sp³-hybridized carbons (Fsp3) is 0.143. The van der Waals surface area contributed by atoms with E-state index in [2.05, 4.69) is 4.98 Å². The van der Waals surface area contributed by atoms with Crippen LogP contribution in [0.5, 0.6) is 0 Å². The van der Waals surface area contributed by atoms with Gasteiger partial charge in [-0.15, -0.1) is 0 Å². The zero-order valence-electron chi connectivity index (χ0n) is 7.29. The van der Waals surface area contributed by atoms with Crippen LogP contribution in [-0.2, 0) is 0 Å². The van der Waals surface area contributed by atoms with Crippen molar-refractivity contribution in [3.63, 3.8) is 0 Å². The summed E-state index contributed by atoms with van der Waals surface area (Å²) in [6.07, 6.45) is -3.34. The number of nitrogens with zero attached hydrogens (tertiary/aromatic N) is 2. The molecule has 0 spiro atoms. The van der Waals surface area contributed by atoms with Crippen LogP contribution in [-0.4, -0.2) is 15.1 Å². The molecule has 1 aromatic heterocycles. The van der Waals surface area contributed by atoms with E-state index in [4.69, 9.17) is 11.6 Å². The lowest BCUT2D eigenvalue weighted by molar-refractivity contribution is -0.390. The average molecular weight is 255 g/mol. The van der Waals surface area contributed by atoms with Crippen LogP contribution in [0.15, 0.2) is 6.07 Å². The van der Waals surface area contributed by atoms with Gasteiger partial charge in [0.2, 0.25) is 0 Å². The number of hydrogen-bond donors (Lipinski definition) is 0. The van der Waals surface area contributed by atoms with E-state index in [-0.39, 0.29) is 0 Å². The molecule has 0 atom stereocenters. The largest absolute Gasteiger partial charge is 0.367 e. The number of hydrogen-bond acceptors (Lipinski definition) is 4. The molecule has 0 aliphatic carbocycles. The summed E-state index contributed by atoms with van der Waals surface area (Å²) in [5.41, 5.74) is -2.30. The van der Waals surface area contributed by atoms with Gasteiger partial charge in [0.1, 0.15) is 5.56 Å². The lowest BCUT2D eigenvalue weighted by Crippen LogP contribution is -2.07. The van der Waals surface area contributed by atoms with Crippen molar-refractivity contribution >= 4 is 22.7 Å². The molecule has 0 saturated heterocycles. The Morgan fingerprint density at radius 1 is 1.56 bits per heavy atom. The van der Waals surface area contributed by atoms with Crippen LogP contribution in [0.25, 0.3) is 0 Å². The lowest BCUT2D eigenvalue weighted by Gasteiger charge is -2.03. The minimum absolute atomic E-state index is 0.403. The third-order valence-corrected chi connectivity index (χ3v) is 1.82. The van der Waals surface area contributed by atoms with E-state index in [1.165, 1.54) is 0 Å². The first-order valence-electron chi connectivity index (χ1n) is 3.67. The summed E-state index contributed by atoms with van der Waals surface area (Å²) in [5.74, 6) is -2.85. The predicted molar refractivity (Wildman–Crippen MR) is 46.0 cm³/mol. The van der Waals surface area contributed by atoms with Gasteiger partial charge in [0.25, 0.3) is 11.7 Å². The molecule has 5 nitrogen and oxygen atoms in total. The van der Waals surface area contributed by atoms with Gasteiger partial charge in [0, 0.05) is 6.07 Å². The molecular weight excluding hydrogens is 253 g/mol. The number of pyridine rings is 1. The molecule has 0 aliphatic heterocycles. The van der Waals surface area contributed by atoms with Crippen molar-refractivity contribution in [1.82, 2.24) is 4.98 Å². The van der Waals surface area contributed by atoms with Gasteiger partial charge in [-0.2, -0.15) is 4.39 Å². The van der Waals surface area contributed by atoms with E-state index in [9.17, 15) is 28.1 Å². The summed E-state index contributed by atoms with van der Waals surface area (Å²) < 4.78 is 37.6. The molecule has 9 heteroatoms. The van der Waals surface area contributed by atoms with E-state index in [1.54, 1.807) is 0 Å². The van der Waals surface area contributed by atoms with Crippen molar-refractivity contribution in [2.45, 2.75) is 6.43 Å². The molecule has 1 aromatic rings. The van der Waals surface area contributed by atoms with Gasteiger partial charge in [-0.1, -0.05) is 0 Å². The summed E-state index contributed by atoms with van der Waals surface area (Å²) in [6.45, 7) is 0. The predicted octanol–water partition coefficient (Wildman–Crippen LogP) is 2.45. The summed E-state index contributed by atoms with van der Waals surface area (Å²) in [5, 5.41) is 8.83. The monoisotopic (exact) mass is 254 g/mol. The molecule has 0 aromatic carbocycles. The summed E-state index contributed by atoms with van der Waals surface area (Å²) in [6, 6.07) is 0.403. The second kappa shape index (κ2) is 4.44. The fourth-order valence-electron chi connectivity index (χ4n) is 0.975. The second-order valence-corrected chi connectivity index (χ2v) is 2.91. The normalized spacial score (nSPS) is 10.6. The van der Waals surface area contributed by atoms with E-state index in [0.29, 0.717) is 6.07 Å². The summed E-state index contributed by atoms with van der Waals surface area (Å²) >= 11 is 4.91. The molecule has 0 N–H and O–H groups in total. The van der Waals surface area contributed by atoms with Crippen LogP contribution in [0.4, 0.5) is 19.0 Å². The first-order chi connectivity index (χ1) is 7.34. The van der Waals surface area contributed by atoms with Gasteiger partial charge < -0.3 is 10.1 Å². The van der Waals surface area contributed by atoms with Gasteiger partial charge in [-0.3, -0.25) is 4.79 Å². The molecule has 0 radical (unpaired) electrons. The Kier molecular flexibility index (Phi) is 3.43. The molecule has 1 heterocycles. The minimum atomic E-state index is -3.34.